The fourth-order valence-electron chi connectivity index (χ4n) is 4.08. The van der Waals surface area contributed by atoms with Crippen LogP contribution in [0.15, 0.2) is 9.95 Å². The predicted octanol–water partition coefficient (Wildman–Crippen LogP) is 4.93. The lowest BCUT2D eigenvalue weighted by Gasteiger charge is -2.33. The standard InChI is InChI=1S/C21H30N4OS2/c1-12(2)9-10-27-20-23-22-19-24(6)17(26)16-14-8-7-13(21(3,4)5)11-15(14)28-18(16)25(19)20/h12-13H,7-11H2,1-6H3/t13-/m0/s1. The van der Waals surface area contributed by atoms with Crippen LogP contribution in [0.2, 0.25) is 0 Å². The molecule has 0 N–H and O–H groups in total. The maximum Gasteiger partial charge on any atom is 0.263 e. The molecule has 0 bridgehead atoms. The summed E-state index contributed by atoms with van der Waals surface area (Å²) in [6, 6.07) is 0. The second kappa shape index (κ2) is 7.17. The van der Waals surface area contributed by atoms with Gasteiger partial charge in [0.2, 0.25) is 5.78 Å². The highest BCUT2D eigenvalue weighted by Crippen LogP contribution is 2.43. The monoisotopic (exact) mass is 418 g/mol. The third-order valence-electron chi connectivity index (χ3n) is 6.04. The molecular weight excluding hydrogens is 388 g/mol. The van der Waals surface area contributed by atoms with Crippen LogP contribution in [-0.2, 0) is 19.9 Å². The van der Waals surface area contributed by atoms with Gasteiger partial charge >= 0.3 is 0 Å². The van der Waals surface area contributed by atoms with Crippen molar-refractivity contribution in [2.75, 3.05) is 5.75 Å². The van der Waals surface area contributed by atoms with Gasteiger partial charge in [-0.05, 0) is 48.5 Å². The second-order valence-corrected chi connectivity index (χ2v) is 11.6. The van der Waals surface area contributed by atoms with Crippen LogP contribution in [0, 0.1) is 17.3 Å². The van der Waals surface area contributed by atoms with Crippen molar-refractivity contribution in [1.82, 2.24) is 19.2 Å². The number of rotatable bonds is 4. The van der Waals surface area contributed by atoms with Crippen LogP contribution in [-0.4, -0.2) is 24.9 Å². The van der Waals surface area contributed by atoms with Crippen LogP contribution in [0.25, 0.3) is 16.0 Å². The molecule has 0 saturated carbocycles. The minimum atomic E-state index is 0.0698. The minimum Gasteiger partial charge on any atom is -0.279 e. The molecule has 0 radical (unpaired) electrons. The summed E-state index contributed by atoms with van der Waals surface area (Å²) in [6.45, 7) is 11.5. The number of thiophene rings is 1. The summed E-state index contributed by atoms with van der Waals surface area (Å²) >= 11 is 3.53. The number of nitrogens with zero attached hydrogens (tertiary/aromatic N) is 4. The quantitative estimate of drug-likeness (QED) is 0.564. The van der Waals surface area contributed by atoms with Gasteiger partial charge < -0.3 is 0 Å². The maximum absolute atomic E-state index is 13.1. The molecule has 4 rings (SSSR count). The Kier molecular flexibility index (Phi) is 5.11. The van der Waals surface area contributed by atoms with E-state index < -0.39 is 0 Å². The lowest BCUT2D eigenvalue weighted by atomic mass is 9.72. The van der Waals surface area contributed by atoms with Crippen molar-refractivity contribution in [2.24, 2.45) is 24.3 Å². The summed E-state index contributed by atoms with van der Waals surface area (Å²) in [5, 5.41) is 10.6. The first kappa shape index (κ1) is 20.0. The largest absolute Gasteiger partial charge is 0.279 e. The van der Waals surface area contributed by atoms with Crippen LogP contribution in [0.5, 0.6) is 0 Å². The Morgan fingerprint density at radius 2 is 2.04 bits per heavy atom. The van der Waals surface area contributed by atoms with E-state index in [4.69, 9.17) is 0 Å². The van der Waals surface area contributed by atoms with Gasteiger partial charge in [0, 0.05) is 17.7 Å². The normalized spacial score (nSPS) is 17.8. The van der Waals surface area contributed by atoms with Crippen molar-refractivity contribution in [3.8, 4) is 0 Å². The molecule has 1 aliphatic carbocycles. The van der Waals surface area contributed by atoms with Gasteiger partial charge in [0.25, 0.3) is 5.56 Å². The Hall–Kier alpha value is -1.34. The van der Waals surface area contributed by atoms with Crippen LogP contribution >= 0.6 is 23.1 Å². The van der Waals surface area contributed by atoms with Crippen molar-refractivity contribution in [2.45, 2.75) is 65.5 Å². The molecule has 0 aliphatic heterocycles. The molecule has 0 saturated heterocycles. The molecule has 0 fully saturated rings. The van der Waals surface area contributed by atoms with Gasteiger partial charge in [0.15, 0.2) is 5.16 Å². The van der Waals surface area contributed by atoms with Crippen LogP contribution < -0.4 is 5.56 Å². The summed E-state index contributed by atoms with van der Waals surface area (Å²) in [5.74, 6) is 2.99. The zero-order chi connectivity index (χ0) is 20.2. The van der Waals surface area contributed by atoms with Crippen LogP contribution in [0.4, 0.5) is 0 Å². The minimum absolute atomic E-state index is 0.0698. The Balaban J connectivity index is 1.86. The van der Waals surface area contributed by atoms with E-state index in [-0.39, 0.29) is 5.56 Å². The number of hydrogen-bond acceptors (Lipinski definition) is 5. The first-order chi connectivity index (χ1) is 13.2. The van der Waals surface area contributed by atoms with E-state index in [0.29, 0.717) is 23.0 Å². The van der Waals surface area contributed by atoms with Gasteiger partial charge in [-0.3, -0.25) is 9.36 Å². The van der Waals surface area contributed by atoms with Gasteiger partial charge in [-0.2, -0.15) is 0 Å². The van der Waals surface area contributed by atoms with Gasteiger partial charge in [-0.1, -0.05) is 46.4 Å². The Morgan fingerprint density at radius 3 is 2.71 bits per heavy atom. The SMILES string of the molecule is CC(C)CCSc1nnc2n(C)c(=O)c3c4c(sc3n12)C[C@@H](C(C)(C)C)CC4. The molecule has 1 aliphatic rings. The fraction of sp³-hybridized carbons (Fsp3) is 0.667. The molecule has 28 heavy (non-hydrogen) atoms. The van der Waals surface area contributed by atoms with Crippen LogP contribution in [0.1, 0.15) is 57.9 Å². The second-order valence-electron chi connectivity index (χ2n) is 9.50. The summed E-state index contributed by atoms with van der Waals surface area (Å²) < 4.78 is 3.79. The number of aromatic nitrogens is 4. The first-order valence-corrected chi connectivity index (χ1v) is 12.0. The molecule has 1 atom stereocenters. The van der Waals surface area contributed by atoms with E-state index >= 15 is 0 Å². The Labute approximate surface area is 174 Å². The molecule has 0 spiro atoms. The lowest BCUT2D eigenvalue weighted by Crippen LogP contribution is -2.27. The lowest BCUT2D eigenvalue weighted by molar-refractivity contribution is 0.218. The van der Waals surface area contributed by atoms with E-state index in [9.17, 15) is 4.79 Å². The zero-order valence-electron chi connectivity index (χ0n) is 17.7. The van der Waals surface area contributed by atoms with Crippen LogP contribution in [0.3, 0.4) is 0 Å². The highest BCUT2D eigenvalue weighted by atomic mass is 32.2. The topological polar surface area (TPSA) is 52.2 Å². The van der Waals surface area contributed by atoms with Crippen molar-refractivity contribution in [3.05, 3.63) is 20.8 Å². The highest BCUT2D eigenvalue weighted by molar-refractivity contribution is 7.99. The van der Waals surface area contributed by atoms with Crippen molar-refractivity contribution in [3.63, 3.8) is 0 Å². The molecular formula is C21H30N4OS2. The summed E-state index contributed by atoms with van der Waals surface area (Å²) in [7, 11) is 1.82. The highest BCUT2D eigenvalue weighted by Gasteiger charge is 2.32. The van der Waals surface area contributed by atoms with Gasteiger partial charge in [0.1, 0.15) is 4.83 Å². The molecule has 3 aromatic rings. The third-order valence-corrected chi connectivity index (χ3v) is 8.24. The first-order valence-electron chi connectivity index (χ1n) is 10.2. The molecule has 3 aromatic heterocycles. The van der Waals surface area contributed by atoms with Crippen molar-refractivity contribution in [1.29, 1.82) is 0 Å². The van der Waals surface area contributed by atoms with Gasteiger partial charge in [-0.15, -0.1) is 21.5 Å². The smallest absolute Gasteiger partial charge is 0.263 e. The van der Waals surface area contributed by atoms with Crippen molar-refractivity contribution < 1.29 is 0 Å². The molecule has 5 nitrogen and oxygen atoms in total. The summed E-state index contributed by atoms with van der Waals surface area (Å²) in [6.07, 6.45) is 4.36. The molecule has 0 aromatic carbocycles. The average molecular weight is 419 g/mol. The number of fused-ring (bicyclic) bond motifs is 5. The van der Waals surface area contributed by atoms with E-state index in [0.717, 1.165) is 46.8 Å². The Morgan fingerprint density at radius 1 is 1.29 bits per heavy atom. The molecule has 152 valence electrons. The molecule has 3 heterocycles. The number of thioether (sulfide) groups is 1. The maximum atomic E-state index is 13.1. The van der Waals surface area contributed by atoms with E-state index in [2.05, 4.69) is 49.2 Å². The van der Waals surface area contributed by atoms with E-state index in [1.165, 1.54) is 10.4 Å². The number of aryl methyl sites for hydroxylation is 2. The third kappa shape index (κ3) is 3.30. The predicted molar refractivity (Wildman–Crippen MR) is 119 cm³/mol. The number of hydrogen-bond donors (Lipinski definition) is 0. The molecule has 7 heteroatoms. The van der Waals surface area contributed by atoms with Gasteiger partial charge in [0.05, 0.1) is 5.39 Å². The van der Waals surface area contributed by atoms with Gasteiger partial charge in [-0.25, -0.2) is 4.40 Å². The Bertz CT molecular complexity index is 1080. The zero-order valence-corrected chi connectivity index (χ0v) is 19.3. The van der Waals surface area contributed by atoms with E-state index in [1.807, 2.05) is 7.05 Å². The van der Waals surface area contributed by atoms with Crippen molar-refractivity contribution >= 4 is 39.1 Å². The van der Waals surface area contributed by atoms with E-state index in [1.54, 1.807) is 27.7 Å². The fourth-order valence-corrected chi connectivity index (χ4v) is 6.73. The average Bonchev–Trinajstić information content (AvgIpc) is 3.19. The molecule has 0 amide bonds. The summed E-state index contributed by atoms with van der Waals surface area (Å²) in [5.41, 5.74) is 1.64. The summed E-state index contributed by atoms with van der Waals surface area (Å²) in [4.78, 5) is 15.6. The molecule has 0 unspecified atom stereocenters.